The van der Waals surface area contributed by atoms with Crippen LogP contribution in [0, 0.1) is 16.7 Å². The highest BCUT2D eigenvalue weighted by Crippen LogP contribution is 2.47. The average molecular weight is 386 g/mol. The van der Waals surface area contributed by atoms with Crippen LogP contribution in [0.2, 0.25) is 0 Å². The lowest BCUT2D eigenvalue weighted by atomic mass is 9.63. The molecule has 0 bridgehead atoms. The molecule has 1 aliphatic carbocycles. The minimum atomic E-state index is -0.289. The zero-order valence-corrected chi connectivity index (χ0v) is 17.5. The van der Waals surface area contributed by atoms with E-state index in [9.17, 15) is 14.9 Å². The SMILES string of the molecule is CCCn1c(=O)c2[nH]c(C3(CC)CCC(C)(C#N)CC3)nc2n(CCC)c1=O. The normalized spacial score (nSPS) is 25.1. The Kier molecular flexibility index (Phi) is 5.51. The standard InChI is InChI=1S/C21H31N5O2/c1-5-12-25-16-15(17(27)26(13-6-2)19(25)28)23-18(24-16)21(7-3)10-8-20(4,14-22)9-11-21/h5-13H2,1-4H3,(H,23,24). The van der Waals surface area contributed by atoms with E-state index in [0.29, 0.717) is 24.3 Å². The molecule has 0 aromatic carbocycles. The summed E-state index contributed by atoms with van der Waals surface area (Å²) in [5.74, 6) is 0.792. The van der Waals surface area contributed by atoms with E-state index in [1.807, 2.05) is 20.8 Å². The van der Waals surface area contributed by atoms with E-state index in [-0.39, 0.29) is 22.1 Å². The number of imidazole rings is 1. The molecule has 2 heterocycles. The third-order valence-electron chi connectivity index (χ3n) is 6.52. The molecule has 0 atom stereocenters. The predicted molar refractivity (Wildman–Crippen MR) is 109 cm³/mol. The van der Waals surface area contributed by atoms with Crippen molar-refractivity contribution in [1.82, 2.24) is 19.1 Å². The average Bonchev–Trinajstić information content (AvgIpc) is 3.15. The van der Waals surface area contributed by atoms with Gasteiger partial charge in [-0.15, -0.1) is 0 Å². The maximum atomic E-state index is 13.0. The van der Waals surface area contributed by atoms with E-state index in [0.717, 1.165) is 50.8 Å². The quantitative estimate of drug-likeness (QED) is 0.823. The summed E-state index contributed by atoms with van der Waals surface area (Å²) in [7, 11) is 0. The number of aryl methyl sites for hydroxylation is 1. The van der Waals surface area contributed by atoms with Gasteiger partial charge in [-0.25, -0.2) is 9.78 Å². The number of rotatable bonds is 6. The van der Waals surface area contributed by atoms with Gasteiger partial charge >= 0.3 is 5.69 Å². The summed E-state index contributed by atoms with van der Waals surface area (Å²) < 4.78 is 2.96. The first kappa shape index (κ1) is 20.4. The van der Waals surface area contributed by atoms with Crippen molar-refractivity contribution < 1.29 is 0 Å². The van der Waals surface area contributed by atoms with E-state index in [4.69, 9.17) is 4.98 Å². The number of aromatic amines is 1. The van der Waals surface area contributed by atoms with Gasteiger partial charge < -0.3 is 4.98 Å². The lowest BCUT2D eigenvalue weighted by molar-refractivity contribution is 0.181. The Morgan fingerprint density at radius 1 is 1.07 bits per heavy atom. The Hall–Kier alpha value is -2.36. The smallest absolute Gasteiger partial charge is 0.332 e. The van der Waals surface area contributed by atoms with Gasteiger partial charge in [-0.1, -0.05) is 20.8 Å². The van der Waals surface area contributed by atoms with Gasteiger partial charge in [0.05, 0.1) is 11.5 Å². The molecule has 7 nitrogen and oxygen atoms in total. The van der Waals surface area contributed by atoms with Gasteiger partial charge in [-0.2, -0.15) is 5.26 Å². The molecule has 0 unspecified atom stereocenters. The summed E-state index contributed by atoms with van der Waals surface area (Å²) >= 11 is 0. The summed E-state index contributed by atoms with van der Waals surface area (Å²) in [4.78, 5) is 34.0. The van der Waals surface area contributed by atoms with Crippen molar-refractivity contribution >= 4 is 11.2 Å². The van der Waals surface area contributed by atoms with Gasteiger partial charge in [0.1, 0.15) is 11.3 Å². The molecule has 3 rings (SSSR count). The minimum Gasteiger partial charge on any atom is -0.336 e. The Balaban J connectivity index is 2.17. The van der Waals surface area contributed by atoms with Crippen LogP contribution in [-0.2, 0) is 18.5 Å². The number of hydrogen-bond donors (Lipinski definition) is 1. The van der Waals surface area contributed by atoms with Gasteiger partial charge in [-0.3, -0.25) is 13.9 Å². The van der Waals surface area contributed by atoms with Crippen molar-refractivity contribution in [2.75, 3.05) is 0 Å². The number of fused-ring (bicyclic) bond motifs is 1. The zero-order chi connectivity index (χ0) is 20.5. The highest BCUT2D eigenvalue weighted by Gasteiger charge is 2.42. The fourth-order valence-corrected chi connectivity index (χ4v) is 4.41. The molecule has 152 valence electrons. The third kappa shape index (κ3) is 3.19. The van der Waals surface area contributed by atoms with Gasteiger partial charge in [0, 0.05) is 18.5 Å². The highest BCUT2D eigenvalue weighted by molar-refractivity contribution is 5.70. The van der Waals surface area contributed by atoms with Gasteiger partial charge in [0.2, 0.25) is 0 Å². The van der Waals surface area contributed by atoms with Gasteiger partial charge in [0.25, 0.3) is 5.56 Å². The molecule has 1 saturated carbocycles. The van der Waals surface area contributed by atoms with Crippen LogP contribution in [0.5, 0.6) is 0 Å². The van der Waals surface area contributed by atoms with E-state index in [1.165, 1.54) is 4.57 Å². The molecule has 0 aliphatic heterocycles. The first-order valence-corrected chi connectivity index (χ1v) is 10.5. The molecule has 0 radical (unpaired) electrons. The van der Waals surface area contributed by atoms with Crippen LogP contribution in [0.1, 0.15) is 78.5 Å². The van der Waals surface area contributed by atoms with Crippen molar-refractivity contribution in [2.45, 2.75) is 91.1 Å². The minimum absolute atomic E-state index is 0.176. The van der Waals surface area contributed by atoms with Crippen LogP contribution < -0.4 is 11.2 Å². The van der Waals surface area contributed by atoms with Crippen molar-refractivity contribution in [3.05, 3.63) is 26.7 Å². The van der Waals surface area contributed by atoms with Crippen LogP contribution in [0.15, 0.2) is 9.59 Å². The van der Waals surface area contributed by atoms with Crippen LogP contribution in [0.25, 0.3) is 11.2 Å². The molecular weight excluding hydrogens is 354 g/mol. The Morgan fingerprint density at radius 2 is 1.68 bits per heavy atom. The van der Waals surface area contributed by atoms with E-state index in [2.05, 4.69) is 18.0 Å². The van der Waals surface area contributed by atoms with E-state index < -0.39 is 0 Å². The molecule has 1 aliphatic rings. The topological polar surface area (TPSA) is 96.5 Å². The number of nitrogens with zero attached hydrogens (tertiary/aromatic N) is 4. The van der Waals surface area contributed by atoms with Crippen molar-refractivity contribution in [3.8, 4) is 6.07 Å². The lowest BCUT2D eigenvalue weighted by Gasteiger charge is -2.40. The zero-order valence-electron chi connectivity index (χ0n) is 17.5. The fraction of sp³-hybridized carbons (Fsp3) is 0.714. The van der Waals surface area contributed by atoms with Crippen molar-refractivity contribution in [3.63, 3.8) is 0 Å². The Morgan fingerprint density at radius 3 is 2.21 bits per heavy atom. The second-order valence-electron chi connectivity index (χ2n) is 8.48. The summed E-state index contributed by atoms with van der Waals surface area (Å²) in [5, 5.41) is 9.47. The molecule has 2 aromatic rings. The monoisotopic (exact) mass is 385 g/mol. The molecule has 0 spiro atoms. The van der Waals surface area contributed by atoms with Crippen molar-refractivity contribution in [2.24, 2.45) is 5.41 Å². The van der Waals surface area contributed by atoms with Crippen LogP contribution in [0.3, 0.4) is 0 Å². The summed E-state index contributed by atoms with van der Waals surface area (Å²) in [5.41, 5.74) is -0.117. The first-order chi connectivity index (χ1) is 13.3. The van der Waals surface area contributed by atoms with Gasteiger partial charge in [0.15, 0.2) is 5.65 Å². The largest absolute Gasteiger partial charge is 0.336 e. The molecule has 0 saturated heterocycles. The van der Waals surface area contributed by atoms with Gasteiger partial charge in [-0.05, 0) is 51.9 Å². The number of nitrogens with one attached hydrogen (secondary N) is 1. The molecule has 1 N–H and O–H groups in total. The number of H-pyrrole nitrogens is 1. The number of hydrogen-bond acceptors (Lipinski definition) is 4. The van der Waals surface area contributed by atoms with Crippen LogP contribution in [0.4, 0.5) is 0 Å². The first-order valence-electron chi connectivity index (χ1n) is 10.5. The van der Waals surface area contributed by atoms with E-state index in [1.54, 1.807) is 4.57 Å². The maximum absolute atomic E-state index is 13.0. The molecule has 28 heavy (non-hydrogen) atoms. The number of nitriles is 1. The lowest BCUT2D eigenvalue weighted by Crippen LogP contribution is -2.40. The Bertz CT molecular complexity index is 1010. The predicted octanol–water partition coefficient (Wildman–Crippen LogP) is 3.46. The third-order valence-corrected chi connectivity index (χ3v) is 6.52. The fourth-order valence-electron chi connectivity index (χ4n) is 4.41. The molecule has 1 fully saturated rings. The highest BCUT2D eigenvalue weighted by atomic mass is 16.2. The molecule has 7 heteroatoms. The van der Waals surface area contributed by atoms with Crippen molar-refractivity contribution in [1.29, 1.82) is 5.26 Å². The van der Waals surface area contributed by atoms with E-state index >= 15 is 0 Å². The molecular formula is C21H31N5O2. The van der Waals surface area contributed by atoms with Crippen LogP contribution in [-0.4, -0.2) is 19.1 Å². The molecule has 0 amide bonds. The second-order valence-corrected chi connectivity index (χ2v) is 8.48. The number of aromatic nitrogens is 4. The summed E-state index contributed by atoms with van der Waals surface area (Å²) in [6, 6.07) is 2.45. The molecule has 2 aromatic heterocycles. The Labute approximate surface area is 165 Å². The maximum Gasteiger partial charge on any atom is 0.332 e. The van der Waals surface area contributed by atoms with Crippen LogP contribution >= 0.6 is 0 Å². The second kappa shape index (κ2) is 7.57. The summed E-state index contributed by atoms with van der Waals surface area (Å²) in [6.07, 6.45) is 5.74. The summed E-state index contributed by atoms with van der Waals surface area (Å²) in [6.45, 7) is 9.07.